The molecule has 2 aliphatic rings. The first-order valence-electron chi connectivity index (χ1n) is 4.20. The van der Waals surface area contributed by atoms with E-state index in [0.29, 0.717) is 15.0 Å². The van der Waals surface area contributed by atoms with Crippen molar-refractivity contribution in [3.63, 3.8) is 0 Å². The topological polar surface area (TPSA) is 12.5 Å². The van der Waals surface area contributed by atoms with Crippen molar-refractivity contribution in [3.8, 4) is 0 Å². The zero-order valence-electron chi connectivity index (χ0n) is 6.66. The van der Waals surface area contributed by atoms with Crippen molar-refractivity contribution in [2.45, 2.75) is 12.5 Å². The number of nitrogens with zero attached hydrogens (tertiary/aromatic N) is 1. The SMILES string of the molecule is c1ccc2c(c1)C[C@@H]1COPN21. The Labute approximate surface area is 73.4 Å². The molecule has 2 nitrogen and oxygen atoms in total. The minimum absolute atomic E-state index is 0.543. The molecule has 0 spiro atoms. The average Bonchev–Trinajstić information content (AvgIpc) is 2.62. The van der Waals surface area contributed by atoms with Crippen LogP contribution in [0.4, 0.5) is 5.69 Å². The maximum Gasteiger partial charge on any atom is 0.117 e. The van der Waals surface area contributed by atoms with E-state index in [4.69, 9.17) is 4.52 Å². The van der Waals surface area contributed by atoms with E-state index in [0.717, 1.165) is 6.61 Å². The second kappa shape index (κ2) is 2.45. The van der Waals surface area contributed by atoms with Crippen LogP contribution in [-0.2, 0) is 10.9 Å². The van der Waals surface area contributed by atoms with Crippen LogP contribution in [0.5, 0.6) is 0 Å². The Balaban J connectivity index is 2.09. The van der Waals surface area contributed by atoms with Gasteiger partial charge < -0.3 is 9.19 Å². The van der Waals surface area contributed by atoms with Crippen LogP contribution >= 0.6 is 8.96 Å². The van der Waals surface area contributed by atoms with Gasteiger partial charge in [0.25, 0.3) is 0 Å². The largest absolute Gasteiger partial charge is 0.339 e. The van der Waals surface area contributed by atoms with Crippen LogP contribution in [-0.4, -0.2) is 12.6 Å². The van der Waals surface area contributed by atoms with Crippen molar-refractivity contribution < 1.29 is 4.52 Å². The summed E-state index contributed by atoms with van der Waals surface area (Å²) < 4.78 is 7.81. The van der Waals surface area contributed by atoms with Crippen LogP contribution < -0.4 is 4.67 Å². The Hall–Kier alpha value is -0.590. The van der Waals surface area contributed by atoms with Gasteiger partial charge in [-0.05, 0) is 18.1 Å². The van der Waals surface area contributed by atoms with E-state index in [2.05, 4.69) is 28.9 Å². The molecular weight excluding hydrogens is 169 g/mol. The van der Waals surface area contributed by atoms with Gasteiger partial charge in [0.1, 0.15) is 8.96 Å². The lowest BCUT2D eigenvalue weighted by Gasteiger charge is -2.14. The molecule has 0 radical (unpaired) electrons. The second-order valence-corrected chi connectivity index (χ2v) is 4.21. The maximum absolute atomic E-state index is 5.42. The van der Waals surface area contributed by atoms with Crippen LogP contribution in [0.25, 0.3) is 0 Å². The highest BCUT2D eigenvalue weighted by atomic mass is 31.1. The Bertz CT molecular complexity index is 315. The maximum atomic E-state index is 5.42. The first kappa shape index (κ1) is 6.88. The van der Waals surface area contributed by atoms with Gasteiger partial charge in [-0.3, -0.25) is 0 Å². The van der Waals surface area contributed by atoms with Crippen molar-refractivity contribution >= 4 is 14.6 Å². The molecule has 2 heterocycles. The molecule has 2 atom stereocenters. The molecule has 62 valence electrons. The Morgan fingerprint density at radius 2 is 2.33 bits per heavy atom. The molecule has 0 N–H and O–H groups in total. The summed E-state index contributed by atoms with van der Waals surface area (Å²) >= 11 is 0. The molecule has 1 saturated heterocycles. The normalized spacial score (nSPS) is 27.7. The Morgan fingerprint density at radius 3 is 3.33 bits per heavy atom. The van der Waals surface area contributed by atoms with Crippen molar-refractivity contribution in [3.05, 3.63) is 29.8 Å². The number of para-hydroxylation sites is 1. The molecule has 1 unspecified atom stereocenters. The predicted octanol–water partition coefficient (Wildman–Crippen LogP) is 1.96. The molecule has 3 heteroatoms. The second-order valence-electron chi connectivity index (χ2n) is 3.26. The van der Waals surface area contributed by atoms with Crippen molar-refractivity contribution in [2.24, 2.45) is 0 Å². The van der Waals surface area contributed by atoms with Gasteiger partial charge in [0.2, 0.25) is 0 Å². The molecule has 2 aliphatic heterocycles. The van der Waals surface area contributed by atoms with E-state index in [1.807, 2.05) is 0 Å². The first-order valence-corrected chi connectivity index (χ1v) is 5.05. The number of hydrogen-bond donors (Lipinski definition) is 0. The summed E-state index contributed by atoms with van der Waals surface area (Å²) in [6.45, 7) is 0.910. The Morgan fingerprint density at radius 1 is 1.42 bits per heavy atom. The molecule has 1 fully saturated rings. The molecule has 0 bridgehead atoms. The fraction of sp³-hybridized carbons (Fsp3) is 0.333. The highest BCUT2D eigenvalue weighted by Gasteiger charge is 2.33. The van der Waals surface area contributed by atoms with Gasteiger partial charge >= 0.3 is 0 Å². The summed E-state index contributed by atoms with van der Waals surface area (Å²) in [4.78, 5) is 0. The van der Waals surface area contributed by atoms with Crippen molar-refractivity contribution in [1.29, 1.82) is 0 Å². The summed E-state index contributed by atoms with van der Waals surface area (Å²) in [6.07, 6.45) is 1.17. The lowest BCUT2D eigenvalue weighted by Crippen LogP contribution is -2.20. The molecule has 3 rings (SSSR count). The van der Waals surface area contributed by atoms with E-state index in [1.54, 1.807) is 0 Å². The van der Waals surface area contributed by atoms with Gasteiger partial charge in [-0.2, -0.15) is 0 Å². The summed E-state index contributed by atoms with van der Waals surface area (Å²) in [5.74, 6) is 0. The number of benzene rings is 1. The minimum atomic E-state index is 0.543. The zero-order valence-corrected chi connectivity index (χ0v) is 7.66. The van der Waals surface area contributed by atoms with E-state index >= 15 is 0 Å². The van der Waals surface area contributed by atoms with E-state index in [1.165, 1.54) is 17.7 Å². The number of hydrogen-bond acceptors (Lipinski definition) is 2. The van der Waals surface area contributed by atoms with E-state index in [-0.39, 0.29) is 0 Å². The van der Waals surface area contributed by atoms with Crippen LogP contribution in [0, 0.1) is 0 Å². The number of fused-ring (bicyclic) bond motifs is 3. The van der Waals surface area contributed by atoms with Gasteiger partial charge in [0.05, 0.1) is 12.6 Å². The molecule has 1 aromatic carbocycles. The van der Waals surface area contributed by atoms with Gasteiger partial charge in [0, 0.05) is 5.69 Å². The highest BCUT2D eigenvalue weighted by Crippen LogP contribution is 2.44. The van der Waals surface area contributed by atoms with Crippen molar-refractivity contribution in [1.82, 2.24) is 0 Å². The average molecular weight is 179 g/mol. The molecule has 0 aromatic heterocycles. The molecule has 0 amide bonds. The number of rotatable bonds is 0. The van der Waals surface area contributed by atoms with Crippen LogP contribution in [0.3, 0.4) is 0 Å². The fourth-order valence-electron chi connectivity index (χ4n) is 1.92. The van der Waals surface area contributed by atoms with E-state index < -0.39 is 0 Å². The third kappa shape index (κ3) is 0.825. The molecule has 0 aliphatic carbocycles. The fourth-order valence-corrected chi connectivity index (χ4v) is 2.96. The van der Waals surface area contributed by atoms with Crippen LogP contribution in [0.2, 0.25) is 0 Å². The van der Waals surface area contributed by atoms with Crippen molar-refractivity contribution in [2.75, 3.05) is 11.3 Å². The highest BCUT2D eigenvalue weighted by molar-refractivity contribution is 7.35. The van der Waals surface area contributed by atoms with Gasteiger partial charge in [0.15, 0.2) is 0 Å². The minimum Gasteiger partial charge on any atom is -0.339 e. The molecule has 12 heavy (non-hydrogen) atoms. The van der Waals surface area contributed by atoms with Gasteiger partial charge in [-0.1, -0.05) is 18.2 Å². The summed E-state index contributed by atoms with van der Waals surface area (Å²) in [7, 11) is 0.543. The Kier molecular flexibility index (Phi) is 1.40. The lowest BCUT2D eigenvalue weighted by atomic mass is 10.1. The first-order chi connectivity index (χ1) is 5.95. The smallest absolute Gasteiger partial charge is 0.117 e. The predicted molar refractivity (Wildman–Crippen MR) is 50.7 cm³/mol. The lowest BCUT2D eigenvalue weighted by molar-refractivity contribution is 0.370. The van der Waals surface area contributed by atoms with Crippen LogP contribution in [0.1, 0.15) is 5.56 Å². The summed E-state index contributed by atoms with van der Waals surface area (Å²) in [5.41, 5.74) is 2.87. The molecule has 0 saturated carbocycles. The molecule has 1 aromatic rings. The van der Waals surface area contributed by atoms with Crippen LogP contribution in [0.15, 0.2) is 24.3 Å². The number of anilines is 1. The summed E-state index contributed by atoms with van der Waals surface area (Å²) in [5, 5.41) is 0. The van der Waals surface area contributed by atoms with E-state index in [9.17, 15) is 0 Å². The zero-order chi connectivity index (χ0) is 7.97. The third-order valence-corrected chi connectivity index (χ3v) is 3.61. The van der Waals surface area contributed by atoms with Gasteiger partial charge in [-0.25, -0.2) is 0 Å². The quantitative estimate of drug-likeness (QED) is 0.564. The molecular formula is C9H10NOP. The monoisotopic (exact) mass is 179 g/mol. The van der Waals surface area contributed by atoms with Gasteiger partial charge in [-0.15, -0.1) is 0 Å². The standard InChI is InChI=1S/C9H10NOP/c1-2-4-9-7(3-1)5-8-6-11-12-10(8)9/h1-4,8,12H,5-6H2/t8-/m1/s1. The summed E-state index contributed by atoms with van der Waals surface area (Å²) in [6, 6.07) is 9.25. The third-order valence-electron chi connectivity index (χ3n) is 2.51.